The van der Waals surface area contributed by atoms with Gasteiger partial charge < -0.3 is 15.5 Å². The minimum absolute atomic E-state index is 0.120. The van der Waals surface area contributed by atoms with Crippen LogP contribution in [0.15, 0.2) is 41.7 Å². The standard InChI is InChI=1S/C15H17N5O/c1-10-8-11(19(2)17-10)9-20-7-6-12-13(15(16)18-21)4-3-5-14(12)20/h3-8,21H,9H2,1-2H3,(H2,16,18). The molecule has 6 nitrogen and oxygen atoms in total. The van der Waals surface area contributed by atoms with E-state index in [2.05, 4.69) is 20.9 Å². The van der Waals surface area contributed by atoms with Crippen molar-refractivity contribution < 1.29 is 5.21 Å². The van der Waals surface area contributed by atoms with Gasteiger partial charge in [-0.15, -0.1) is 0 Å². The molecule has 0 bridgehead atoms. The lowest BCUT2D eigenvalue weighted by Crippen LogP contribution is -2.13. The molecule has 0 aliphatic rings. The summed E-state index contributed by atoms with van der Waals surface area (Å²) >= 11 is 0. The molecule has 0 unspecified atom stereocenters. The molecule has 1 aromatic carbocycles. The first kappa shape index (κ1) is 13.2. The Bertz CT molecular complexity index is 828. The third-order valence-electron chi connectivity index (χ3n) is 3.63. The summed E-state index contributed by atoms with van der Waals surface area (Å²) in [6.07, 6.45) is 2.00. The average molecular weight is 283 g/mol. The van der Waals surface area contributed by atoms with E-state index in [1.165, 1.54) is 0 Å². The second-order valence-electron chi connectivity index (χ2n) is 5.07. The van der Waals surface area contributed by atoms with Crippen molar-refractivity contribution in [3.05, 3.63) is 53.5 Å². The number of rotatable bonds is 3. The Morgan fingerprint density at radius 1 is 1.38 bits per heavy atom. The summed E-state index contributed by atoms with van der Waals surface area (Å²) in [7, 11) is 1.94. The minimum Gasteiger partial charge on any atom is -0.409 e. The Morgan fingerprint density at radius 3 is 2.86 bits per heavy atom. The van der Waals surface area contributed by atoms with Gasteiger partial charge in [0.15, 0.2) is 5.84 Å². The van der Waals surface area contributed by atoms with Crippen molar-refractivity contribution in [1.29, 1.82) is 0 Å². The zero-order valence-corrected chi connectivity index (χ0v) is 12.0. The van der Waals surface area contributed by atoms with Crippen LogP contribution in [-0.4, -0.2) is 25.4 Å². The molecule has 108 valence electrons. The Hall–Kier alpha value is -2.76. The Kier molecular flexibility index (Phi) is 3.13. The van der Waals surface area contributed by atoms with Gasteiger partial charge in [-0.3, -0.25) is 4.68 Å². The highest BCUT2D eigenvalue weighted by Crippen LogP contribution is 2.21. The number of fused-ring (bicyclic) bond motifs is 1. The summed E-state index contributed by atoms with van der Waals surface area (Å²) in [6, 6.07) is 9.81. The highest BCUT2D eigenvalue weighted by molar-refractivity contribution is 6.08. The van der Waals surface area contributed by atoms with Crippen LogP contribution in [0.3, 0.4) is 0 Å². The molecule has 0 fully saturated rings. The lowest BCUT2D eigenvalue weighted by Gasteiger charge is -2.07. The molecule has 0 spiro atoms. The van der Waals surface area contributed by atoms with Gasteiger partial charge in [0.25, 0.3) is 0 Å². The van der Waals surface area contributed by atoms with E-state index in [9.17, 15) is 0 Å². The van der Waals surface area contributed by atoms with E-state index >= 15 is 0 Å². The zero-order chi connectivity index (χ0) is 15.0. The normalized spacial score (nSPS) is 12.2. The van der Waals surface area contributed by atoms with Crippen molar-refractivity contribution in [2.45, 2.75) is 13.5 Å². The first-order chi connectivity index (χ1) is 10.1. The first-order valence-electron chi connectivity index (χ1n) is 6.65. The van der Waals surface area contributed by atoms with Gasteiger partial charge in [0.05, 0.1) is 17.9 Å². The number of benzene rings is 1. The van der Waals surface area contributed by atoms with E-state index in [0.29, 0.717) is 0 Å². The minimum atomic E-state index is 0.120. The van der Waals surface area contributed by atoms with Crippen LogP contribution in [0, 0.1) is 6.92 Å². The van der Waals surface area contributed by atoms with Crippen LogP contribution < -0.4 is 5.73 Å². The third-order valence-corrected chi connectivity index (χ3v) is 3.63. The smallest absolute Gasteiger partial charge is 0.170 e. The van der Waals surface area contributed by atoms with Crippen LogP contribution in [-0.2, 0) is 13.6 Å². The van der Waals surface area contributed by atoms with Crippen LogP contribution >= 0.6 is 0 Å². The van der Waals surface area contributed by atoms with E-state index in [1.54, 1.807) is 0 Å². The fourth-order valence-electron chi connectivity index (χ4n) is 2.63. The molecular formula is C15H17N5O. The fraction of sp³-hybridized carbons (Fsp3) is 0.200. The highest BCUT2D eigenvalue weighted by Gasteiger charge is 2.10. The predicted octanol–water partition coefficient (Wildman–Crippen LogP) is 1.83. The molecule has 3 rings (SSSR count). The Labute approximate surface area is 122 Å². The quantitative estimate of drug-likeness (QED) is 0.333. The number of nitrogens with zero attached hydrogens (tertiary/aromatic N) is 4. The number of hydrogen-bond acceptors (Lipinski definition) is 3. The largest absolute Gasteiger partial charge is 0.409 e. The SMILES string of the molecule is Cc1cc(Cn2ccc3c(/C(N)=N/O)cccc32)n(C)n1. The summed E-state index contributed by atoms with van der Waals surface area (Å²) in [6.45, 7) is 2.70. The molecule has 21 heavy (non-hydrogen) atoms. The van der Waals surface area contributed by atoms with Gasteiger partial charge in [0.1, 0.15) is 0 Å². The van der Waals surface area contributed by atoms with E-state index in [0.717, 1.165) is 34.4 Å². The molecule has 3 N–H and O–H groups in total. The molecule has 0 saturated carbocycles. The fourth-order valence-corrected chi connectivity index (χ4v) is 2.63. The van der Waals surface area contributed by atoms with Gasteiger partial charge in [0, 0.05) is 29.7 Å². The summed E-state index contributed by atoms with van der Waals surface area (Å²) in [5.41, 5.74) is 9.62. The Morgan fingerprint density at radius 2 is 2.19 bits per heavy atom. The van der Waals surface area contributed by atoms with Gasteiger partial charge in [-0.05, 0) is 25.1 Å². The maximum absolute atomic E-state index is 8.87. The van der Waals surface area contributed by atoms with Gasteiger partial charge in [-0.25, -0.2) is 0 Å². The van der Waals surface area contributed by atoms with Crippen molar-refractivity contribution in [2.75, 3.05) is 0 Å². The summed E-state index contributed by atoms with van der Waals surface area (Å²) in [4.78, 5) is 0. The number of aryl methyl sites for hydroxylation is 2. The van der Waals surface area contributed by atoms with E-state index in [1.807, 2.05) is 49.1 Å². The van der Waals surface area contributed by atoms with E-state index < -0.39 is 0 Å². The first-order valence-corrected chi connectivity index (χ1v) is 6.65. The summed E-state index contributed by atoms with van der Waals surface area (Å²) < 4.78 is 4.01. The summed E-state index contributed by atoms with van der Waals surface area (Å²) in [5, 5.41) is 17.3. The van der Waals surface area contributed by atoms with Crippen molar-refractivity contribution in [1.82, 2.24) is 14.3 Å². The van der Waals surface area contributed by atoms with Gasteiger partial charge in [-0.2, -0.15) is 5.10 Å². The molecule has 0 saturated heterocycles. The maximum atomic E-state index is 8.87. The number of aromatic nitrogens is 3. The number of nitrogens with two attached hydrogens (primary N) is 1. The number of amidine groups is 1. The second-order valence-corrected chi connectivity index (χ2v) is 5.07. The molecule has 2 aromatic heterocycles. The van der Waals surface area contributed by atoms with E-state index in [4.69, 9.17) is 10.9 Å². The summed E-state index contributed by atoms with van der Waals surface area (Å²) in [5.74, 6) is 0.120. The van der Waals surface area contributed by atoms with E-state index in [-0.39, 0.29) is 5.84 Å². The zero-order valence-electron chi connectivity index (χ0n) is 12.0. The molecular weight excluding hydrogens is 266 g/mol. The van der Waals surface area contributed by atoms with Crippen LogP contribution in [0.25, 0.3) is 10.9 Å². The molecule has 0 amide bonds. The predicted molar refractivity (Wildman–Crippen MR) is 81.5 cm³/mol. The molecule has 0 radical (unpaired) electrons. The van der Waals surface area contributed by atoms with Crippen LogP contribution in [0.5, 0.6) is 0 Å². The molecule has 3 aromatic rings. The molecule has 0 atom stereocenters. The average Bonchev–Trinajstić information content (AvgIpc) is 3.02. The highest BCUT2D eigenvalue weighted by atomic mass is 16.4. The van der Waals surface area contributed by atoms with Crippen molar-refractivity contribution in [3.63, 3.8) is 0 Å². The molecule has 0 aliphatic heterocycles. The molecule has 6 heteroatoms. The van der Waals surface area contributed by atoms with Gasteiger partial charge in [-0.1, -0.05) is 17.3 Å². The number of oxime groups is 1. The van der Waals surface area contributed by atoms with Crippen molar-refractivity contribution in [3.8, 4) is 0 Å². The monoisotopic (exact) mass is 283 g/mol. The van der Waals surface area contributed by atoms with Crippen LogP contribution in [0.1, 0.15) is 17.0 Å². The lowest BCUT2D eigenvalue weighted by molar-refractivity contribution is 0.318. The molecule has 2 heterocycles. The van der Waals surface area contributed by atoms with Crippen molar-refractivity contribution in [2.24, 2.45) is 17.9 Å². The third kappa shape index (κ3) is 2.24. The van der Waals surface area contributed by atoms with Crippen LogP contribution in [0.2, 0.25) is 0 Å². The van der Waals surface area contributed by atoms with Crippen LogP contribution in [0.4, 0.5) is 0 Å². The molecule has 0 aliphatic carbocycles. The maximum Gasteiger partial charge on any atom is 0.170 e. The van der Waals surface area contributed by atoms with Gasteiger partial charge >= 0.3 is 0 Å². The van der Waals surface area contributed by atoms with Crippen molar-refractivity contribution >= 4 is 16.7 Å². The topological polar surface area (TPSA) is 81.4 Å². The second kappa shape index (κ2) is 4.97. The van der Waals surface area contributed by atoms with Gasteiger partial charge in [0.2, 0.25) is 0 Å². The lowest BCUT2D eigenvalue weighted by atomic mass is 10.1. The Balaban J connectivity index is 2.07. The number of hydrogen-bond donors (Lipinski definition) is 2.